The van der Waals surface area contributed by atoms with Crippen molar-refractivity contribution in [3.63, 3.8) is 0 Å². The predicted molar refractivity (Wildman–Crippen MR) is 75.1 cm³/mol. The van der Waals surface area contributed by atoms with E-state index in [1.807, 2.05) is 0 Å². The van der Waals surface area contributed by atoms with Gasteiger partial charge in [-0.15, -0.1) is 0 Å². The highest BCUT2D eigenvalue weighted by Crippen LogP contribution is 2.32. The molecule has 3 rings (SSSR count). The topological polar surface area (TPSA) is 28.2 Å². The van der Waals surface area contributed by atoms with Crippen molar-refractivity contribution in [3.05, 3.63) is 24.0 Å². The Morgan fingerprint density at radius 1 is 1.17 bits per heavy atom. The molecule has 0 saturated carbocycles. The summed E-state index contributed by atoms with van der Waals surface area (Å²) in [6.07, 6.45) is 4.70. The first-order chi connectivity index (χ1) is 8.55. The summed E-state index contributed by atoms with van der Waals surface area (Å²) < 4.78 is 0. The molecule has 0 radical (unpaired) electrons. The number of rotatable bonds is 1. The monoisotopic (exact) mass is 245 g/mol. The third kappa shape index (κ3) is 2.01. The van der Waals surface area contributed by atoms with Crippen LogP contribution in [0.1, 0.15) is 39.3 Å². The van der Waals surface area contributed by atoms with Crippen molar-refractivity contribution < 1.29 is 0 Å². The van der Waals surface area contributed by atoms with Crippen LogP contribution in [-0.4, -0.2) is 30.2 Å². The molecule has 2 fully saturated rings. The second-order valence-corrected chi connectivity index (χ2v) is 6.60. The number of hydrogen-bond donors (Lipinski definition) is 1. The molecule has 18 heavy (non-hydrogen) atoms. The summed E-state index contributed by atoms with van der Waals surface area (Å²) in [5.41, 5.74) is 2.62. The van der Waals surface area contributed by atoms with E-state index >= 15 is 0 Å². The van der Waals surface area contributed by atoms with E-state index in [2.05, 4.69) is 54.3 Å². The van der Waals surface area contributed by atoms with E-state index in [1.165, 1.54) is 24.2 Å². The van der Waals surface area contributed by atoms with Crippen molar-refractivity contribution in [2.45, 2.75) is 51.1 Å². The van der Waals surface area contributed by atoms with Gasteiger partial charge in [-0.1, -0.05) is 20.8 Å². The van der Waals surface area contributed by atoms with Crippen LogP contribution in [0.5, 0.6) is 0 Å². The fourth-order valence-electron chi connectivity index (χ4n) is 3.18. The molecule has 3 nitrogen and oxygen atoms in total. The van der Waals surface area contributed by atoms with E-state index in [9.17, 15) is 0 Å². The maximum atomic E-state index is 4.66. The molecule has 0 amide bonds. The van der Waals surface area contributed by atoms with Crippen molar-refractivity contribution >= 4 is 5.69 Å². The SMILES string of the molecule is CC(C)(C)c1ccc(N2C3CCC2CNC3)cn1. The highest BCUT2D eigenvalue weighted by atomic mass is 15.3. The first-order valence-electron chi connectivity index (χ1n) is 7.01. The Labute approximate surface area is 110 Å². The lowest BCUT2D eigenvalue weighted by Gasteiger charge is -2.37. The molecule has 2 unspecified atom stereocenters. The van der Waals surface area contributed by atoms with Crippen LogP contribution in [0.3, 0.4) is 0 Å². The number of anilines is 1. The van der Waals surface area contributed by atoms with Gasteiger partial charge in [0.05, 0.1) is 11.9 Å². The summed E-state index contributed by atoms with van der Waals surface area (Å²) in [6, 6.07) is 5.79. The summed E-state index contributed by atoms with van der Waals surface area (Å²) in [6.45, 7) is 8.88. The van der Waals surface area contributed by atoms with E-state index in [1.54, 1.807) is 0 Å². The number of hydrogen-bond acceptors (Lipinski definition) is 3. The van der Waals surface area contributed by atoms with Gasteiger partial charge in [0.15, 0.2) is 0 Å². The van der Waals surface area contributed by atoms with Gasteiger partial charge in [0.2, 0.25) is 0 Å². The average molecular weight is 245 g/mol. The molecule has 2 aliphatic heterocycles. The quantitative estimate of drug-likeness (QED) is 0.823. The Morgan fingerprint density at radius 2 is 1.83 bits per heavy atom. The number of piperazine rings is 1. The van der Waals surface area contributed by atoms with Crippen molar-refractivity contribution in [1.29, 1.82) is 0 Å². The van der Waals surface area contributed by atoms with Gasteiger partial charge in [-0.25, -0.2) is 0 Å². The lowest BCUT2D eigenvalue weighted by atomic mass is 9.91. The molecule has 2 saturated heterocycles. The molecule has 1 aromatic heterocycles. The number of fused-ring (bicyclic) bond motifs is 2. The van der Waals surface area contributed by atoms with Gasteiger partial charge in [0.25, 0.3) is 0 Å². The Bertz CT molecular complexity index is 402. The van der Waals surface area contributed by atoms with Crippen molar-refractivity contribution in [2.75, 3.05) is 18.0 Å². The van der Waals surface area contributed by atoms with Gasteiger partial charge in [0, 0.05) is 36.3 Å². The van der Waals surface area contributed by atoms with E-state index in [0.29, 0.717) is 12.1 Å². The van der Waals surface area contributed by atoms with Gasteiger partial charge in [-0.3, -0.25) is 4.98 Å². The van der Waals surface area contributed by atoms with E-state index in [-0.39, 0.29) is 5.41 Å². The Kier molecular flexibility index (Phi) is 2.81. The van der Waals surface area contributed by atoms with Crippen LogP contribution in [0.15, 0.2) is 18.3 Å². The fraction of sp³-hybridized carbons (Fsp3) is 0.667. The minimum Gasteiger partial charge on any atom is -0.362 e. The average Bonchev–Trinajstić information content (AvgIpc) is 2.58. The van der Waals surface area contributed by atoms with Crippen molar-refractivity contribution in [1.82, 2.24) is 10.3 Å². The zero-order chi connectivity index (χ0) is 12.8. The molecule has 1 aromatic rings. The molecule has 3 heterocycles. The number of nitrogens with zero attached hydrogens (tertiary/aromatic N) is 2. The summed E-state index contributed by atoms with van der Waals surface area (Å²) in [4.78, 5) is 7.24. The van der Waals surface area contributed by atoms with Crippen LogP contribution in [0.2, 0.25) is 0 Å². The van der Waals surface area contributed by atoms with E-state index < -0.39 is 0 Å². The van der Waals surface area contributed by atoms with E-state index in [0.717, 1.165) is 13.1 Å². The Hall–Kier alpha value is -1.09. The molecule has 2 bridgehead atoms. The van der Waals surface area contributed by atoms with Crippen LogP contribution in [0.4, 0.5) is 5.69 Å². The van der Waals surface area contributed by atoms with Crippen LogP contribution < -0.4 is 10.2 Å². The van der Waals surface area contributed by atoms with Gasteiger partial charge >= 0.3 is 0 Å². The van der Waals surface area contributed by atoms with Gasteiger partial charge in [-0.05, 0) is 25.0 Å². The first kappa shape index (κ1) is 12.0. The number of pyridine rings is 1. The number of nitrogens with one attached hydrogen (secondary N) is 1. The molecular formula is C15H23N3. The van der Waals surface area contributed by atoms with Crippen molar-refractivity contribution in [2.24, 2.45) is 0 Å². The summed E-state index contributed by atoms with van der Waals surface area (Å²) in [5.74, 6) is 0. The van der Waals surface area contributed by atoms with Crippen molar-refractivity contribution in [3.8, 4) is 0 Å². The first-order valence-corrected chi connectivity index (χ1v) is 7.01. The second-order valence-electron chi connectivity index (χ2n) is 6.60. The van der Waals surface area contributed by atoms with E-state index in [4.69, 9.17) is 0 Å². The molecule has 98 valence electrons. The van der Waals surface area contributed by atoms with Crippen LogP contribution in [0, 0.1) is 0 Å². The van der Waals surface area contributed by atoms with Gasteiger partial charge in [0.1, 0.15) is 0 Å². The Morgan fingerprint density at radius 3 is 2.33 bits per heavy atom. The molecule has 3 heteroatoms. The van der Waals surface area contributed by atoms with Crippen LogP contribution in [-0.2, 0) is 5.41 Å². The van der Waals surface area contributed by atoms with Gasteiger partial charge < -0.3 is 10.2 Å². The lowest BCUT2D eigenvalue weighted by Crippen LogP contribution is -2.52. The zero-order valence-corrected chi connectivity index (χ0v) is 11.6. The highest BCUT2D eigenvalue weighted by Gasteiger charge is 2.36. The molecule has 0 spiro atoms. The Balaban J connectivity index is 1.85. The predicted octanol–water partition coefficient (Wildman–Crippen LogP) is 2.32. The maximum Gasteiger partial charge on any atom is 0.0558 e. The minimum absolute atomic E-state index is 0.140. The highest BCUT2D eigenvalue weighted by molar-refractivity contribution is 5.49. The maximum absolute atomic E-state index is 4.66. The zero-order valence-electron chi connectivity index (χ0n) is 11.6. The molecule has 0 aromatic carbocycles. The third-order valence-corrected chi connectivity index (χ3v) is 4.19. The van der Waals surface area contributed by atoms with Crippen LogP contribution in [0.25, 0.3) is 0 Å². The largest absolute Gasteiger partial charge is 0.362 e. The van der Waals surface area contributed by atoms with Crippen LogP contribution >= 0.6 is 0 Å². The number of aromatic nitrogens is 1. The summed E-state index contributed by atoms with van der Waals surface area (Å²) in [5, 5.41) is 3.52. The second kappa shape index (κ2) is 4.23. The summed E-state index contributed by atoms with van der Waals surface area (Å²) >= 11 is 0. The molecular weight excluding hydrogens is 222 g/mol. The minimum atomic E-state index is 0.140. The molecule has 2 aliphatic rings. The third-order valence-electron chi connectivity index (χ3n) is 4.19. The smallest absolute Gasteiger partial charge is 0.0558 e. The molecule has 2 atom stereocenters. The fourth-order valence-corrected chi connectivity index (χ4v) is 3.18. The van der Waals surface area contributed by atoms with Gasteiger partial charge in [-0.2, -0.15) is 0 Å². The molecule has 0 aliphatic carbocycles. The molecule has 1 N–H and O–H groups in total. The normalized spacial score (nSPS) is 27.6. The lowest BCUT2D eigenvalue weighted by molar-refractivity contribution is 0.484. The summed E-state index contributed by atoms with van der Waals surface area (Å²) in [7, 11) is 0. The standard InChI is InChI=1S/C15H23N3/c1-15(2,3)14-7-6-13(10-17-14)18-11-4-5-12(18)9-16-8-11/h6-7,10-12,16H,4-5,8-9H2,1-3H3.